The van der Waals surface area contributed by atoms with Crippen LogP contribution in [0.2, 0.25) is 0 Å². The topological polar surface area (TPSA) is 30.9 Å². The SMILES string of the molecule is CCNC(=NCC1CCN(CC)C1)N(C)Cc1ccccc1Br.I. The second kappa shape index (κ2) is 11.3. The second-order valence-corrected chi connectivity index (χ2v) is 7.04. The maximum absolute atomic E-state index is 4.88. The van der Waals surface area contributed by atoms with E-state index in [9.17, 15) is 0 Å². The molecule has 1 unspecified atom stereocenters. The van der Waals surface area contributed by atoms with E-state index >= 15 is 0 Å². The van der Waals surface area contributed by atoms with E-state index in [1.807, 2.05) is 6.07 Å². The zero-order valence-corrected chi connectivity index (χ0v) is 18.9. The standard InChI is InChI=1S/C18H29BrN4.HI/c1-4-20-18(21-12-15-10-11-23(5-2)13-15)22(3)14-16-8-6-7-9-17(16)19;/h6-9,15H,4-5,10-14H2,1-3H3,(H,20,21);1H. The third-order valence-electron chi connectivity index (χ3n) is 4.38. The molecule has 1 aromatic carbocycles. The number of likely N-dealkylation sites (tertiary alicyclic amines) is 1. The van der Waals surface area contributed by atoms with Gasteiger partial charge in [0.25, 0.3) is 0 Å². The minimum atomic E-state index is 0. The van der Waals surface area contributed by atoms with Gasteiger partial charge in [-0.05, 0) is 44.0 Å². The maximum atomic E-state index is 4.88. The van der Waals surface area contributed by atoms with Crippen molar-refractivity contribution in [3.63, 3.8) is 0 Å². The van der Waals surface area contributed by atoms with Gasteiger partial charge < -0.3 is 15.1 Å². The fourth-order valence-corrected chi connectivity index (χ4v) is 3.40. The van der Waals surface area contributed by atoms with E-state index in [4.69, 9.17) is 4.99 Å². The molecule has 1 aliphatic heterocycles. The number of hydrogen-bond donors (Lipinski definition) is 1. The van der Waals surface area contributed by atoms with Crippen LogP contribution in [-0.4, -0.2) is 55.5 Å². The van der Waals surface area contributed by atoms with Crippen molar-refractivity contribution in [3.8, 4) is 0 Å². The van der Waals surface area contributed by atoms with Crippen molar-refractivity contribution in [1.82, 2.24) is 15.1 Å². The third-order valence-corrected chi connectivity index (χ3v) is 5.15. The number of nitrogens with one attached hydrogen (secondary N) is 1. The Morgan fingerprint density at radius 2 is 2.12 bits per heavy atom. The summed E-state index contributed by atoms with van der Waals surface area (Å²) in [5, 5.41) is 3.42. The highest BCUT2D eigenvalue weighted by Crippen LogP contribution is 2.18. The normalized spacial score (nSPS) is 18.3. The molecule has 1 aromatic rings. The van der Waals surface area contributed by atoms with E-state index in [1.54, 1.807) is 0 Å². The highest BCUT2D eigenvalue weighted by Gasteiger charge is 2.21. The lowest BCUT2D eigenvalue weighted by Crippen LogP contribution is -2.39. The lowest BCUT2D eigenvalue weighted by atomic mass is 10.1. The van der Waals surface area contributed by atoms with Crippen LogP contribution in [-0.2, 0) is 6.54 Å². The second-order valence-electron chi connectivity index (χ2n) is 6.19. The molecule has 1 heterocycles. The average Bonchev–Trinajstić information content (AvgIpc) is 3.01. The molecule has 4 nitrogen and oxygen atoms in total. The fourth-order valence-electron chi connectivity index (χ4n) is 2.99. The largest absolute Gasteiger partial charge is 0.357 e. The van der Waals surface area contributed by atoms with Crippen LogP contribution < -0.4 is 5.32 Å². The third kappa shape index (κ3) is 6.52. The molecule has 1 aliphatic rings. The van der Waals surface area contributed by atoms with E-state index in [0.29, 0.717) is 5.92 Å². The average molecular weight is 509 g/mol. The Kier molecular flexibility index (Phi) is 10.2. The van der Waals surface area contributed by atoms with Gasteiger partial charge in [0, 0.05) is 37.7 Å². The predicted molar refractivity (Wildman–Crippen MR) is 117 cm³/mol. The molecule has 1 atom stereocenters. The first-order valence-electron chi connectivity index (χ1n) is 8.59. The van der Waals surface area contributed by atoms with Crippen molar-refractivity contribution in [1.29, 1.82) is 0 Å². The van der Waals surface area contributed by atoms with E-state index in [0.717, 1.165) is 36.6 Å². The molecule has 24 heavy (non-hydrogen) atoms. The first-order chi connectivity index (χ1) is 11.1. The Morgan fingerprint density at radius 3 is 2.75 bits per heavy atom. The van der Waals surface area contributed by atoms with Gasteiger partial charge in [-0.3, -0.25) is 4.99 Å². The van der Waals surface area contributed by atoms with Gasteiger partial charge in [0.1, 0.15) is 0 Å². The first-order valence-corrected chi connectivity index (χ1v) is 9.38. The van der Waals surface area contributed by atoms with Crippen molar-refractivity contribution in [2.45, 2.75) is 26.8 Å². The van der Waals surface area contributed by atoms with E-state index in [1.165, 1.54) is 25.1 Å². The van der Waals surface area contributed by atoms with Crippen molar-refractivity contribution >= 4 is 45.9 Å². The van der Waals surface area contributed by atoms with E-state index in [2.05, 4.69) is 70.1 Å². The monoisotopic (exact) mass is 508 g/mol. The summed E-state index contributed by atoms with van der Waals surface area (Å²) < 4.78 is 1.15. The van der Waals surface area contributed by atoms with Gasteiger partial charge in [-0.15, -0.1) is 24.0 Å². The van der Waals surface area contributed by atoms with Crippen LogP contribution in [0.4, 0.5) is 0 Å². The summed E-state index contributed by atoms with van der Waals surface area (Å²) in [6.07, 6.45) is 1.27. The molecule has 2 rings (SSSR count). The summed E-state index contributed by atoms with van der Waals surface area (Å²) >= 11 is 3.63. The molecule has 1 N–H and O–H groups in total. The van der Waals surface area contributed by atoms with Crippen LogP contribution in [0.25, 0.3) is 0 Å². The zero-order chi connectivity index (χ0) is 16.7. The maximum Gasteiger partial charge on any atom is 0.193 e. The van der Waals surface area contributed by atoms with Gasteiger partial charge in [-0.2, -0.15) is 0 Å². The summed E-state index contributed by atoms with van der Waals surface area (Å²) in [5.74, 6) is 1.69. The fraction of sp³-hybridized carbons (Fsp3) is 0.611. The predicted octanol–water partition coefficient (Wildman–Crippen LogP) is 3.81. The minimum Gasteiger partial charge on any atom is -0.357 e. The number of nitrogens with zero attached hydrogens (tertiary/aromatic N) is 3. The van der Waals surface area contributed by atoms with Gasteiger partial charge in [-0.25, -0.2) is 0 Å². The Balaban J connectivity index is 0.00000288. The van der Waals surface area contributed by atoms with Crippen LogP contribution in [0, 0.1) is 5.92 Å². The molecule has 0 aliphatic carbocycles. The van der Waals surface area contributed by atoms with Crippen LogP contribution in [0.1, 0.15) is 25.8 Å². The minimum absolute atomic E-state index is 0. The summed E-state index contributed by atoms with van der Waals surface area (Å²) in [4.78, 5) is 9.60. The molecule has 0 saturated carbocycles. The molecule has 0 aromatic heterocycles. The smallest absolute Gasteiger partial charge is 0.193 e. The quantitative estimate of drug-likeness (QED) is 0.360. The van der Waals surface area contributed by atoms with Crippen LogP contribution >= 0.6 is 39.9 Å². The summed E-state index contributed by atoms with van der Waals surface area (Å²) in [6.45, 7) is 10.6. The van der Waals surface area contributed by atoms with E-state index < -0.39 is 0 Å². The van der Waals surface area contributed by atoms with Gasteiger partial charge in [0.15, 0.2) is 5.96 Å². The number of guanidine groups is 1. The van der Waals surface area contributed by atoms with E-state index in [-0.39, 0.29) is 24.0 Å². The number of aliphatic imine (C=N–C) groups is 1. The highest BCUT2D eigenvalue weighted by atomic mass is 127. The number of benzene rings is 1. The molecular weight excluding hydrogens is 479 g/mol. The molecule has 0 amide bonds. The van der Waals surface area contributed by atoms with Gasteiger partial charge in [-0.1, -0.05) is 41.1 Å². The molecule has 0 spiro atoms. The summed E-state index contributed by atoms with van der Waals surface area (Å²) in [6, 6.07) is 8.37. The van der Waals surface area contributed by atoms with Gasteiger partial charge >= 0.3 is 0 Å². The molecule has 0 bridgehead atoms. The van der Waals surface area contributed by atoms with Gasteiger partial charge in [0.2, 0.25) is 0 Å². The summed E-state index contributed by atoms with van der Waals surface area (Å²) in [7, 11) is 2.11. The van der Waals surface area contributed by atoms with Crippen molar-refractivity contribution in [2.75, 3.05) is 39.8 Å². The van der Waals surface area contributed by atoms with Crippen molar-refractivity contribution < 1.29 is 0 Å². The first kappa shape index (κ1) is 21.7. The molecule has 1 saturated heterocycles. The number of halogens is 2. The Bertz CT molecular complexity index is 523. The van der Waals surface area contributed by atoms with Crippen molar-refractivity contribution in [2.24, 2.45) is 10.9 Å². The lowest BCUT2D eigenvalue weighted by molar-refractivity contribution is 0.343. The molecule has 1 fully saturated rings. The Labute approximate surface area is 172 Å². The Hall–Kier alpha value is -0.340. The van der Waals surface area contributed by atoms with Crippen molar-refractivity contribution in [3.05, 3.63) is 34.3 Å². The molecule has 0 radical (unpaired) electrons. The van der Waals surface area contributed by atoms with Crippen LogP contribution in [0.15, 0.2) is 33.7 Å². The Morgan fingerprint density at radius 1 is 1.38 bits per heavy atom. The van der Waals surface area contributed by atoms with Crippen LogP contribution in [0.3, 0.4) is 0 Å². The van der Waals surface area contributed by atoms with Gasteiger partial charge in [0.05, 0.1) is 0 Å². The zero-order valence-electron chi connectivity index (χ0n) is 15.0. The molecule has 136 valence electrons. The number of hydrogen-bond acceptors (Lipinski definition) is 2. The molecule has 6 heteroatoms. The highest BCUT2D eigenvalue weighted by molar-refractivity contribution is 14.0. The lowest BCUT2D eigenvalue weighted by Gasteiger charge is -2.23. The summed E-state index contributed by atoms with van der Waals surface area (Å²) in [5.41, 5.74) is 1.28. The number of rotatable bonds is 6. The molecular formula is C18H30BrIN4. The van der Waals surface area contributed by atoms with Crippen LogP contribution in [0.5, 0.6) is 0 Å².